The first-order chi connectivity index (χ1) is 10.8. The summed E-state index contributed by atoms with van der Waals surface area (Å²) >= 11 is 0. The molecule has 1 aromatic heterocycles. The topological polar surface area (TPSA) is 58.5 Å². The summed E-state index contributed by atoms with van der Waals surface area (Å²) in [6.07, 6.45) is 0. The number of pyridine rings is 1. The predicted molar refractivity (Wildman–Crippen MR) is 105 cm³/mol. The average molecular weight is 426 g/mol. The zero-order valence-electron chi connectivity index (χ0n) is 13.5. The minimum Gasteiger partial charge on any atom is -0.492 e. The minimum atomic E-state index is 0. The van der Waals surface area contributed by atoms with Gasteiger partial charge in [0.2, 0.25) is 0 Å². The Kier molecular flexibility index (Phi) is 9.04. The fourth-order valence-electron chi connectivity index (χ4n) is 1.95. The Labute approximate surface area is 154 Å². The van der Waals surface area contributed by atoms with Gasteiger partial charge in [0.25, 0.3) is 0 Å². The van der Waals surface area contributed by atoms with Crippen LogP contribution in [0, 0.1) is 6.92 Å². The van der Waals surface area contributed by atoms with Crippen molar-refractivity contribution < 1.29 is 4.74 Å². The third-order valence-electron chi connectivity index (χ3n) is 3.01. The Morgan fingerprint density at radius 1 is 1.09 bits per heavy atom. The van der Waals surface area contributed by atoms with Crippen molar-refractivity contribution in [1.29, 1.82) is 0 Å². The highest BCUT2D eigenvalue weighted by Gasteiger charge is 1.99. The molecule has 0 atom stereocenters. The molecule has 0 aliphatic carbocycles. The van der Waals surface area contributed by atoms with Gasteiger partial charge in [0.1, 0.15) is 12.4 Å². The molecule has 0 bridgehead atoms. The van der Waals surface area contributed by atoms with Gasteiger partial charge in [0.05, 0.1) is 18.8 Å². The maximum Gasteiger partial charge on any atom is 0.191 e. The summed E-state index contributed by atoms with van der Waals surface area (Å²) in [5.74, 6) is 1.61. The van der Waals surface area contributed by atoms with Crippen LogP contribution in [0.25, 0.3) is 0 Å². The van der Waals surface area contributed by atoms with Crippen LogP contribution in [0.3, 0.4) is 0 Å². The zero-order valence-corrected chi connectivity index (χ0v) is 15.8. The molecule has 2 aromatic rings. The van der Waals surface area contributed by atoms with E-state index in [1.54, 1.807) is 7.05 Å². The monoisotopic (exact) mass is 426 g/mol. The highest BCUT2D eigenvalue weighted by Crippen LogP contribution is 2.07. The minimum absolute atomic E-state index is 0. The quantitative estimate of drug-likeness (QED) is 0.323. The lowest BCUT2D eigenvalue weighted by molar-refractivity contribution is 0.322. The van der Waals surface area contributed by atoms with Gasteiger partial charge in [0, 0.05) is 12.7 Å². The molecule has 0 aliphatic heterocycles. The SMILES string of the molecule is CN=C(NCCOc1ccccc1)NCc1cccc(C)n1.I. The smallest absolute Gasteiger partial charge is 0.191 e. The first-order valence-corrected chi connectivity index (χ1v) is 7.33. The van der Waals surface area contributed by atoms with E-state index >= 15 is 0 Å². The van der Waals surface area contributed by atoms with Crippen LogP contribution in [0.4, 0.5) is 0 Å². The maximum absolute atomic E-state index is 5.62. The standard InChI is InChI=1S/C17H22N4O.HI/c1-14-7-6-8-15(21-14)13-20-17(18-2)19-11-12-22-16-9-4-3-5-10-16;/h3-10H,11-13H2,1-2H3,(H2,18,19,20);1H. The predicted octanol–water partition coefficient (Wildman–Crippen LogP) is 2.75. The van der Waals surface area contributed by atoms with Gasteiger partial charge in [-0.2, -0.15) is 0 Å². The molecule has 124 valence electrons. The second-order valence-electron chi connectivity index (χ2n) is 4.78. The van der Waals surface area contributed by atoms with Gasteiger partial charge in [-0.3, -0.25) is 9.98 Å². The molecule has 0 unspecified atom stereocenters. The highest BCUT2D eigenvalue weighted by atomic mass is 127. The Hall–Kier alpha value is -1.83. The van der Waals surface area contributed by atoms with Gasteiger partial charge in [-0.1, -0.05) is 24.3 Å². The van der Waals surface area contributed by atoms with E-state index in [-0.39, 0.29) is 24.0 Å². The number of rotatable bonds is 6. The van der Waals surface area contributed by atoms with E-state index in [9.17, 15) is 0 Å². The second kappa shape index (κ2) is 10.8. The van der Waals surface area contributed by atoms with Gasteiger partial charge in [-0.15, -0.1) is 24.0 Å². The van der Waals surface area contributed by atoms with E-state index in [2.05, 4.69) is 20.6 Å². The lowest BCUT2D eigenvalue weighted by Crippen LogP contribution is -2.39. The van der Waals surface area contributed by atoms with Crippen molar-refractivity contribution in [3.8, 4) is 5.75 Å². The molecule has 1 heterocycles. The number of para-hydroxylation sites is 1. The summed E-state index contributed by atoms with van der Waals surface area (Å²) in [6, 6.07) is 15.7. The summed E-state index contributed by atoms with van der Waals surface area (Å²) in [6.45, 7) is 3.88. The number of guanidine groups is 1. The van der Waals surface area contributed by atoms with Crippen LogP contribution in [-0.2, 0) is 6.54 Å². The molecule has 0 aliphatic rings. The molecule has 0 fully saturated rings. The van der Waals surface area contributed by atoms with Crippen molar-refractivity contribution in [2.45, 2.75) is 13.5 Å². The lowest BCUT2D eigenvalue weighted by atomic mass is 10.3. The van der Waals surface area contributed by atoms with E-state index in [0.29, 0.717) is 19.7 Å². The molecule has 1 aromatic carbocycles. The molecule has 0 radical (unpaired) electrons. The van der Waals surface area contributed by atoms with E-state index in [0.717, 1.165) is 23.1 Å². The van der Waals surface area contributed by atoms with Crippen LogP contribution in [0.1, 0.15) is 11.4 Å². The fraction of sp³-hybridized carbons (Fsp3) is 0.294. The van der Waals surface area contributed by atoms with Gasteiger partial charge in [0.15, 0.2) is 5.96 Å². The molecule has 2 N–H and O–H groups in total. The van der Waals surface area contributed by atoms with E-state index < -0.39 is 0 Å². The number of aliphatic imine (C=N–C) groups is 1. The number of nitrogens with zero attached hydrogens (tertiary/aromatic N) is 2. The number of halogens is 1. The van der Waals surface area contributed by atoms with E-state index in [1.165, 1.54) is 0 Å². The molecular formula is C17H23IN4O. The molecule has 0 saturated heterocycles. The molecule has 5 nitrogen and oxygen atoms in total. The van der Waals surface area contributed by atoms with Crippen LogP contribution in [-0.4, -0.2) is 31.1 Å². The van der Waals surface area contributed by atoms with Crippen molar-refractivity contribution in [2.24, 2.45) is 4.99 Å². The van der Waals surface area contributed by atoms with E-state index in [4.69, 9.17) is 4.74 Å². The molecular weight excluding hydrogens is 403 g/mol. The number of benzene rings is 1. The van der Waals surface area contributed by atoms with Crippen LogP contribution in [0.5, 0.6) is 5.75 Å². The zero-order chi connectivity index (χ0) is 15.6. The fourth-order valence-corrected chi connectivity index (χ4v) is 1.95. The Bertz CT molecular complexity index is 605. The van der Waals surface area contributed by atoms with Crippen molar-refractivity contribution >= 4 is 29.9 Å². The van der Waals surface area contributed by atoms with Crippen LogP contribution in [0.2, 0.25) is 0 Å². The number of aromatic nitrogens is 1. The summed E-state index contributed by atoms with van der Waals surface area (Å²) in [5, 5.41) is 6.44. The third kappa shape index (κ3) is 7.32. The highest BCUT2D eigenvalue weighted by molar-refractivity contribution is 14.0. The molecule has 0 saturated carbocycles. The first-order valence-electron chi connectivity index (χ1n) is 7.33. The van der Waals surface area contributed by atoms with Gasteiger partial charge in [-0.05, 0) is 31.2 Å². The average Bonchev–Trinajstić information content (AvgIpc) is 2.55. The van der Waals surface area contributed by atoms with Gasteiger partial charge < -0.3 is 15.4 Å². The van der Waals surface area contributed by atoms with Crippen LogP contribution < -0.4 is 15.4 Å². The van der Waals surface area contributed by atoms with Crippen molar-refractivity contribution in [3.63, 3.8) is 0 Å². The largest absolute Gasteiger partial charge is 0.492 e. The van der Waals surface area contributed by atoms with Crippen LogP contribution >= 0.6 is 24.0 Å². The molecule has 6 heteroatoms. The maximum atomic E-state index is 5.62. The Balaban J connectivity index is 0.00000264. The van der Waals surface area contributed by atoms with Crippen molar-refractivity contribution in [2.75, 3.05) is 20.2 Å². The normalized spacial score (nSPS) is 10.6. The number of aryl methyl sites for hydroxylation is 1. The molecule has 0 spiro atoms. The van der Waals surface area contributed by atoms with Gasteiger partial charge in [-0.25, -0.2) is 0 Å². The number of ether oxygens (including phenoxy) is 1. The number of hydrogen-bond acceptors (Lipinski definition) is 3. The summed E-state index contributed by atoms with van der Waals surface area (Å²) < 4.78 is 5.62. The third-order valence-corrected chi connectivity index (χ3v) is 3.01. The second-order valence-corrected chi connectivity index (χ2v) is 4.78. The lowest BCUT2D eigenvalue weighted by Gasteiger charge is -2.12. The van der Waals surface area contributed by atoms with Crippen molar-refractivity contribution in [3.05, 3.63) is 59.9 Å². The Morgan fingerprint density at radius 2 is 1.87 bits per heavy atom. The van der Waals surface area contributed by atoms with Crippen LogP contribution in [0.15, 0.2) is 53.5 Å². The summed E-state index contributed by atoms with van der Waals surface area (Å²) in [5.41, 5.74) is 2.00. The van der Waals surface area contributed by atoms with E-state index in [1.807, 2.05) is 55.5 Å². The molecule has 23 heavy (non-hydrogen) atoms. The van der Waals surface area contributed by atoms with Gasteiger partial charge >= 0.3 is 0 Å². The Morgan fingerprint density at radius 3 is 2.57 bits per heavy atom. The summed E-state index contributed by atoms with van der Waals surface area (Å²) in [7, 11) is 1.75. The molecule has 0 amide bonds. The number of hydrogen-bond donors (Lipinski definition) is 2. The molecule has 2 rings (SSSR count). The summed E-state index contributed by atoms with van der Waals surface area (Å²) in [4.78, 5) is 8.63. The number of nitrogens with one attached hydrogen (secondary N) is 2. The van der Waals surface area contributed by atoms with Crippen molar-refractivity contribution in [1.82, 2.24) is 15.6 Å². The first kappa shape index (κ1) is 19.2.